The summed E-state index contributed by atoms with van der Waals surface area (Å²) in [5, 5.41) is 9.91. The molecule has 4 rings (SSSR count). The van der Waals surface area contributed by atoms with Gasteiger partial charge in [-0.25, -0.2) is 8.78 Å². The Morgan fingerprint density at radius 3 is 2.19 bits per heavy atom. The zero-order chi connectivity index (χ0) is 22.9. The van der Waals surface area contributed by atoms with E-state index in [-0.39, 0.29) is 23.5 Å². The Morgan fingerprint density at radius 1 is 1.00 bits per heavy atom. The Labute approximate surface area is 186 Å². The largest absolute Gasteiger partial charge is 0.458 e. The minimum Gasteiger partial charge on any atom is -0.458 e. The van der Waals surface area contributed by atoms with Crippen molar-refractivity contribution in [3.63, 3.8) is 0 Å². The van der Waals surface area contributed by atoms with Crippen molar-refractivity contribution in [3.05, 3.63) is 95.1 Å². The summed E-state index contributed by atoms with van der Waals surface area (Å²) in [5.41, 5.74) is 4.51. The number of ether oxygens (including phenoxy) is 1. The maximum Gasteiger partial charge on any atom is 0.309 e. The lowest BCUT2D eigenvalue weighted by atomic mass is 9.70. The number of hydrogen-bond donors (Lipinski definition) is 1. The first-order chi connectivity index (χ1) is 15.2. The fourth-order valence-electron chi connectivity index (χ4n) is 4.40. The molecule has 0 aromatic heterocycles. The molecular formula is C27H26F2O3. The van der Waals surface area contributed by atoms with Crippen LogP contribution in [0, 0.1) is 17.0 Å². The predicted octanol–water partition coefficient (Wildman–Crippen LogP) is 5.85. The van der Waals surface area contributed by atoms with E-state index in [9.17, 15) is 18.7 Å². The Morgan fingerprint density at radius 2 is 1.59 bits per heavy atom. The summed E-state index contributed by atoms with van der Waals surface area (Å²) in [4.78, 5) is 11.7. The zero-order valence-electron chi connectivity index (χ0n) is 18.1. The second-order valence-electron chi connectivity index (χ2n) is 9.05. The van der Waals surface area contributed by atoms with Gasteiger partial charge in [-0.15, -0.1) is 0 Å². The highest BCUT2D eigenvalue weighted by molar-refractivity contribution is 5.90. The SMILES string of the molecule is CC1(C)CC(c2ccc(F)cc2)=CC(c2ccc(F)cc2)=C1C=C[C@@H]1C[C@@H](O)CC(=O)O1. The van der Waals surface area contributed by atoms with E-state index in [1.165, 1.54) is 24.3 Å². The van der Waals surface area contributed by atoms with Crippen LogP contribution in [0.25, 0.3) is 11.1 Å². The van der Waals surface area contributed by atoms with Crippen molar-refractivity contribution >= 4 is 17.1 Å². The van der Waals surface area contributed by atoms with E-state index in [4.69, 9.17) is 4.74 Å². The van der Waals surface area contributed by atoms with Crippen molar-refractivity contribution in [1.29, 1.82) is 0 Å². The van der Waals surface area contributed by atoms with Crippen LogP contribution in [-0.4, -0.2) is 23.3 Å². The van der Waals surface area contributed by atoms with Crippen LogP contribution in [0.3, 0.4) is 0 Å². The van der Waals surface area contributed by atoms with E-state index in [0.717, 1.165) is 34.3 Å². The molecule has 0 bridgehead atoms. The number of esters is 1. The molecule has 1 saturated heterocycles. The number of aliphatic hydroxyl groups excluding tert-OH is 1. The van der Waals surface area contributed by atoms with Crippen LogP contribution in [0.1, 0.15) is 44.2 Å². The van der Waals surface area contributed by atoms with Crippen molar-refractivity contribution < 1.29 is 23.4 Å². The lowest BCUT2D eigenvalue weighted by molar-refractivity contribution is -0.156. The van der Waals surface area contributed by atoms with Gasteiger partial charge in [0, 0.05) is 6.42 Å². The number of carbonyl (C=O) groups is 1. The first-order valence-corrected chi connectivity index (χ1v) is 10.7. The van der Waals surface area contributed by atoms with Crippen LogP contribution >= 0.6 is 0 Å². The van der Waals surface area contributed by atoms with E-state index in [1.807, 2.05) is 12.2 Å². The molecule has 2 aliphatic rings. The van der Waals surface area contributed by atoms with Crippen molar-refractivity contribution in [1.82, 2.24) is 0 Å². The van der Waals surface area contributed by atoms with E-state index in [2.05, 4.69) is 19.9 Å². The highest BCUT2D eigenvalue weighted by atomic mass is 19.1. The Balaban J connectivity index is 1.79. The van der Waals surface area contributed by atoms with Crippen LogP contribution < -0.4 is 0 Å². The highest BCUT2D eigenvalue weighted by Gasteiger charge is 2.31. The van der Waals surface area contributed by atoms with E-state index in [1.54, 1.807) is 24.3 Å². The average molecular weight is 436 g/mol. The lowest BCUT2D eigenvalue weighted by Gasteiger charge is -2.34. The molecule has 0 saturated carbocycles. The summed E-state index contributed by atoms with van der Waals surface area (Å²) in [6.07, 6.45) is 5.72. The highest BCUT2D eigenvalue weighted by Crippen LogP contribution is 2.46. The smallest absolute Gasteiger partial charge is 0.309 e. The summed E-state index contributed by atoms with van der Waals surface area (Å²) in [7, 11) is 0. The molecule has 1 N–H and O–H groups in total. The molecule has 166 valence electrons. The zero-order valence-corrected chi connectivity index (χ0v) is 18.1. The molecule has 1 aliphatic carbocycles. The molecule has 5 heteroatoms. The lowest BCUT2D eigenvalue weighted by Crippen LogP contribution is -2.31. The van der Waals surface area contributed by atoms with Crippen molar-refractivity contribution in [2.24, 2.45) is 5.41 Å². The third kappa shape index (κ3) is 4.89. The molecule has 0 unspecified atom stereocenters. The second kappa shape index (κ2) is 8.83. The van der Waals surface area contributed by atoms with Crippen LogP contribution in [0.15, 0.2) is 72.3 Å². The monoisotopic (exact) mass is 436 g/mol. The Hall–Kier alpha value is -3.05. The summed E-state index contributed by atoms with van der Waals surface area (Å²) in [5.74, 6) is -1.01. The number of carbonyl (C=O) groups excluding carboxylic acids is 1. The minimum absolute atomic E-state index is 0.0170. The summed E-state index contributed by atoms with van der Waals surface area (Å²) in [6.45, 7) is 4.24. The van der Waals surface area contributed by atoms with E-state index < -0.39 is 18.2 Å². The molecule has 2 atom stereocenters. The second-order valence-corrected chi connectivity index (χ2v) is 9.05. The molecule has 2 aromatic rings. The number of benzene rings is 2. The van der Waals surface area contributed by atoms with Crippen LogP contribution in [0.4, 0.5) is 8.78 Å². The van der Waals surface area contributed by atoms with Crippen molar-refractivity contribution in [3.8, 4) is 0 Å². The van der Waals surface area contributed by atoms with Gasteiger partial charge in [0.25, 0.3) is 0 Å². The molecular weight excluding hydrogens is 410 g/mol. The number of cyclic esters (lactones) is 1. The molecule has 2 aromatic carbocycles. The van der Waals surface area contributed by atoms with Crippen molar-refractivity contribution in [2.45, 2.75) is 45.3 Å². The van der Waals surface area contributed by atoms with Gasteiger partial charge < -0.3 is 9.84 Å². The molecule has 0 radical (unpaired) electrons. The number of hydrogen-bond acceptors (Lipinski definition) is 3. The molecule has 1 heterocycles. The maximum absolute atomic E-state index is 13.6. The van der Waals surface area contributed by atoms with E-state index >= 15 is 0 Å². The van der Waals surface area contributed by atoms with Gasteiger partial charge in [-0.1, -0.05) is 50.3 Å². The fraction of sp³-hybridized carbons (Fsp3) is 0.296. The van der Waals surface area contributed by atoms with Gasteiger partial charge in [0.2, 0.25) is 0 Å². The Kier molecular flexibility index (Phi) is 6.11. The van der Waals surface area contributed by atoms with Crippen LogP contribution in [0.2, 0.25) is 0 Å². The third-order valence-electron chi connectivity index (χ3n) is 6.01. The summed E-state index contributed by atoms with van der Waals surface area (Å²) < 4.78 is 32.4. The van der Waals surface area contributed by atoms with Gasteiger partial charge in [0.1, 0.15) is 17.7 Å². The normalized spacial score (nSPS) is 23.3. The molecule has 1 aliphatic heterocycles. The van der Waals surface area contributed by atoms with Crippen LogP contribution in [-0.2, 0) is 9.53 Å². The average Bonchev–Trinajstić information content (AvgIpc) is 2.72. The van der Waals surface area contributed by atoms with Gasteiger partial charge in [-0.3, -0.25) is 4.79 Å². The maximum atomic E-state index is 13.6. The number of aliphatic hydroxyl groups is 1. The van der Waals surface area contributed by atoms with Gasteiger partial charge in [0.15, 0.2) is 0 Å². The number of halogens is 2. The standard InChI is InChI=1S/C27H26F2O3/c1-27(2)16-19(17-3-7-20(28)8-4-17)13-24(18-5-9-21(29)10-6-18)25(27)12-11-23-14-22(30)15-26(31)32-23/h3-13,22-23,30H,14-16H2,1-2H3/t22-,23-/m1/s1. The first kappa shape index (κ1) is 22.2. The van der Waals surface area contributed by atoms with Crippen molar-refractivity contribution in [2.75, 3.05) is 0 Å². The topological polar surface area (TPSA) is 46.5 Å². The number of rotatable bonds is 4. The van der Waals surface area contributed by atoms with Gasteiger partial charge >= 0.3 is 5.97 Å². The third-order valence-corrected chi connectivity index (χ3v) is 6.01. The van der Waals surface area contributed by atoms with Gasteiger partial charge in [0.05, 0.1) is 12.5 Å². The molecule has 3 nitrogen and oxygen atoms in total. The van der Waals surface area contributed by atoms with Crippen LogP contribution in [0.5, 0.6) is 0 Å². The predicted molar refractivity (Wildman–Crippen MR) is 120 cm³/mol. The fourth-order valence-corrected chi connectivity index (χ4v) is 4.40. The van der Waals surface area contributed by atoms with Gasteiger partial charge in [-0.2, -0.15) is 0 Å². The molecule has 32 heavy (non-hydrogen) atoms. The quantitative estimate of drug-likeness (QED) is 0.611. The number of allylic oxidation sites excluding steroid dienone is 5. The Bertz CT molecular complexity index is 1090. The summed E-state index contributed by atoms with van der Waals surface area (Å²) in [6, 6.07) is 12.8. The first-order valence-electron chi connectivity index (χ1n) is 10.7. The molecule has 1 fully saturated rings. The molecule has 0 amide bonds. The summed E-state index contributed by atoms with van der Waals surface area (Å²) >= 11 is 0. The van der Waals surface area contributed by atoms with Gasteiger partial charge in [-0.05, 0) is 70.0 Å². The van der Waals surface area contributed by atoms with E-state index in [0.29, 0.717) is 6.42 Å². The minimum atomic E-state index is -0.708. The molecule has 0 spiro atoms.